The fraction of sp³-hybridized carbons (Fsp3) is 0.357. The highest BCUT2D eigenvalue weighted by Crippen LogP contribution is 2.20. The van der Waals surface area contributed by atoms with E-state index in [2.05, 4.69) is 9.97 Å². The Hall–Kier alpha value is -1.65. The first-order valence-electron chi connectivity index (χ1n) is 5.93. The lowest BCUT2D eigenvalue weighted by atomic mass is 10.1. The van der Waals surface area contributed by atoms with E-state index in [1.165, 1.54) is 0 Å². The van der Waals surface area contributed by atoms with Crippen LogP contribution in [0.5, 0.6) is 0 Å². The van der Waals surface area contributed by atoms with Gasteiger partial charge in [-0.2, -0.15) is 0 Å². The monoisotopic (exact) mass is 246 g/mol. The third-order valence-electron chi connectivity index (χ3n) is 2.79. The molecule has 1 heterocycles. The maximum atomic E-state index is 5.19. The number of ether oxygens (including phenoxy) is 2. The number of nitrogens with one attached hydrogen (secondary N) is 1. The van der Waals surface area contributed by atoms with Crippen LogP contribution in [0.3, 0.4) is 0 Å². The van der Waals surface area contributed by atoms with E-state index in [9.17, 15) is 0 Å². The standard InChI is InChI=1S/C14H18N2O2/c1-17-9-12(10-18-2)14-15-8-13(16-14)11-6-4-3-5-7-11/h3-8,12H,9-10H2,1-2H3,(H,15,16). The highest BCUT2D eigenvalue weighted by molar-refractivity contribution is 5.58. The van der Waals surface area contributed by atoms with Gasteiger partial charge >= 0.3 is 0 Å². The summed E-state index contributed by atoms with van der Waals surface area (Å²) in [6.07, 6.45) is 1.92. The smallest absolute Gasteiger partial charge is 0.114 e. The van der Waals surface area contributed by atoms with Crippen molar-refractivity contribution in [1.82, 2.24) is 9.97 Å². The van der Waals surface area contributed by atoms with Crippen molar-refractivity contribution in [3.63, 3.8) is 0 Å². The molecule has 0 aliphatic rings. The van der Waals surface area contributed by atoms with E-state index in [1.54, 1.807) is 14.2 Å². The van der Waals surface area contributed by atoms with Crippen LogP contribution in [0.4, 0.5) is 0 Å². The molecule has 96 valence electrons. The van der Waals surface area contributed by atoms with Gasteiger partial charge in [-0.05, 0) is 0 Å². The highest BCUT2D eigenvalue weighted by Gasteiger charge is 2.15. The molecule has 0 amide bonds. The maximum Gasteiger partial charge on any atom is 0.114 e. The van der Waals surface area contributed by atoms with Gasteiger partial charge in [-0.1, -0.05) is 30.3 Å². The molecule has 1 N–H and O–H groups in total. The second kappa shape index (κ2) is 6.33. The average Bonchev–Trinajstić information content (AvgIpc) is 2.89. The summed E-state index contributed by atoms with van der Waals surface area (Å²) in [6, 6.07) is 10.1. The maximum absolute atomic E-state index is 5.19. The lowest BCUT2D eigenvalue weighted by Crippen LogP contribution is -2.13. The summed E-state index contributed by atoms with van der Waals surface area (Å²) < 4.78 is 10.4. The largest absolute Gasteiger partial charge is 0.384 e. The molecule has 2 aromatic rings. The zero-order chi connectivity index (χ0) is 12.8. The van der Waals surface area contributed by atoms with Crippen molar-refractivity contribution < 1.29 is 9.47 Å². The van der Waals surface area contributed by atoms with Gasteiger partial charge in [0.15, 0.2) is 0 Å². The number of hydrogen-bond acceptors (Lipinski definition) is 3. The van der Waals surface area contributed by atoms with Gasteiger partial charge in [-0.3, -0.25) is 0 Å². The Balaban J connectivity index is 2.18. The van der Waals surface area contributed by atoms with Gasteiger partial charge in [0.2, 0.25) is 0 Å². The van der Waals surface area contributed by atoms with Crippen LogP contribution in [0.1, 0.15) is 11.7 Å². The summed E-state index contributed by atoms with van der Waals surface area (Å²) in [5, 5.41) is 0. The van der Waals surface area contributed by atoms with E-state index >= 15 is 0 Å². The Labute approximate surface area is 107 Å². The Morgan fingerprint density at radius 2 is 1.78 bits per heavy atom. The molecule has 0 spiro atoms. The van der Waals surface area contributed by atoms with Crippen LogP contribution in [0.25, 0.3) is 11.3 Å². The summed E-state index contributed by atoms with van der Waals surface area (Å²) in [7, 11) is 3.37. The number of aromatic nitrogens is 2. The molecule has 18 heavy (non-hydrogen) atoms. The number of aromatic amines is 1. The first-order valence-corrected chi connectivity index (χ1v) is 5.93. The molecule has 2 rings (SSSR count). The molecule has 4 heteroatoms. The second-order valence-corrected chi connectivity index (χ2v) is 4.14. The normalized spacial score (nSPS) is 11.1. The predicted octanol–water partition coefficient (Wildman–Crippen LogP) is 2.45. The quantitative estimate of drug-likeness (QED) is 0.851. The summed E-state index contributed by atoms with van der Waals surface area (Å²) in [4.78, 5) is 7.81. The minimum absolute atomic E-state index is 0.137. The molecule has 1 aromatic heterocycles. The van der Waals surface area contributed by atoms with Gasteiger partial charge in [-0.25, -0.2) is 4.98 Å². The van der Waals surface area contributed by atoms with Gasteiger partial charge in [0.25, 0.3) is 0 Å². The molecule has 0 fully saturated rings. The van der Waals surface area contributed by atoms with E-state index in [0.717, 1.165) is 17.1 Å². The van der Waals surface area contributed by atoms with Crippen LogP contribution in [-0.2, 0) is 9.47 Å². The first-order chi connectivity index (χ1) is 8.85. The topological polar surface area (TPSA) is 47.1 Å². The number of H-pyrrole nitrogens is 1. The third kappa shape index (κ3) is 2.97. The third-order valence-corrected chi connectivity index (χ3v) is 2.79. The van der Waals surface area contributed by atoms with E-state index in [1.807, 2.05) is 36.5 Å². The van der Waals surface area contributed by atoms with Crippen LogP contribution in [0.2, 0.25) is 0 Å². The highest BCUT2D eigenvalue weighted by atomic mass is 16.5. The van der Waals surface area contributed by atoms with Crippen molar-refractivity contribution in [2.75, 3.05) is 27.4 Å². The zero-order valence-corrected chi connectivity index (χ0v) is 10.7. The fourth-order valence-electron chi connectivity index (χ4n) is 1.91. The Bertz CT molecular complexity index is 462. The molecule has 4 nitrogen and oxygen atoms in total. The fourth-order valence-corrected chi connectivity index (χ4v) is 1.91. The molecule has 1 aromatic carbocycles. The molecule has 0 unspecified atom stereocenters. The van der Waals surface area contributed by atoms with Crippen LogP contribution in [0, 0.1) is 0 Å². The van der Waals surface area contributed by atoms with Gasteiger partial charge in [0.1, 0.15) is 5.82 Å². The first kappa shape index (κ1) is 12.8. The molecule has 0 radical (unpaired) electrons. The van der Waals surface area contributed by atoms with Crippen LogP contribution in [0.15, 0.2) is 36.5 Å². The number of methoxy groups -OCH3 is 2. The Morgan fingerprint density at radius 1 is 1.11 bits per heavy atom. The molecule has 0 aliphatic heterocycles. The number of rotatable bonds is 6. The molecule has 0 saturated carbocycles. The lowest BCUT2D eigenvalue weighted by molar-refractivity contribution is 0.114. The summed E-state index contributed by atoms with van der Waals surface area (Å²) >= 11 is 0. The molecular formula is C14H18N2O2. The average molecular weight is 246 g/mol. The molecule has 0 aliphatic carbocycles. The SMILES string of the molecule is COCC(COC)c1nc(-c2ccccc2)c[nH]1. The molecule has 0 bridgehead atoms. The van der Waals surface area contributed by atoms with Crippen LogP contribution in [-0.4, -0.2) is 37.4 Å². The predicted molar refractivity (Wildman–Crippen MR) is 70.5 cm³/mol. The van der Waals surface area contributed by atoms with Crippen molar-refractivity contribution in [2.24, 2.45) is 0 Å². The Kier molecular flexibility index (Phi) is 4.50. The van der Waals surface area contributed by atoms with E-state index in [-0.39, 0.29) is 5.92 Å². The van der Waals surface area contributed by atoms with E-state index in [0.29, 0.717) is 13.2 Å². The second-order valence-electron chi connectivity index (χ2n) is 4.14. The van der Waals surface area contributed by atoms with Gasteiger partial charge in [0, 0.05) is 26.0 Å². The Morgan fingerprint density at radius 3 is 2.39 bits per heavy atom. The van der Waals surface area contributed by atoms with Crippen molar-refractivity contribution in [3.8, 4) is 11.3 Å². The van der Waals surface area contributed by atoms with E-state index in [4.69, 9.17) is 9.47 Å². The molecular weight excluding hydrogens is 228 g/mol. The van der Waals surface area contributed by atoms with Gasteiger partial charge in [0.05, 0.1) is 24.8 Å². The van der Waals surface area contributed by atoms with Crippen LogP contribution < -0.4 is 0 Å². The van der Waals surface area contributed by atoms with Crippen molar-refractivity contribution in [1.29, 1.82) is 0 Å². The number of benzene rings is 1. The number of nitrogens with zero attached hydrogens (tertiary/aromatic N) is 1. The summed E-state index contributed by atoms with van der Waals surface area (Å²) in [5.74, 6) is 1.04. The number of imidazole rings is 1. The minimum Gasteiger partial charge on any atom is -0.384 e. The number of hydrogen-bond donors (Lipinski definition) is 1. The van der Waals surface area contributed by atoms with Gasteiger partial charge < -0.3 is 14.5 Å². The van der Waals surface area contributed by atoms with Crippen molar-refractivity contribution >= 4 is 0 Å². The molecule has 0 saturated heterocycles. The van der Waals surface area contributed by atoms with Crippen molar-refractivity contribution in [3.05, 3.63) is 42.4 Å². The summed E-state index contributed by atoms with van der Waals surface area (Å²) in [6.45, 7) is 1.19. The van der Waals surface area contributed by atoms with E-state index < -0.39 is 0 Å². The molecule has 0 atom stereocenters. The zero-order valence-electron chi connectivity index (χ0n) is 10.7. The van der Waals surface area contributed by atoms with Crippen LogP contribution >= 0.6 is 0 Å². The summed E-state index contributed by atoms with van der Waals surface area (Å²) in [5.41, 5.74) is 2.05. The lowest BCUT2D eigenvalue weighted by Gasteiger charge is -2.11. The minimum atomic E-state index is 0.137. The van der Waals surface area contributed by atoms with Crippen molar-refractivity contribution in [2.45, 2.75) is 5.92 Å². The van der Waals surface area contributed by atoms with Gasteiger partial charge in [-0.15, -0.1) is 0 Å².